The van der Waals surface area contributed by atoms with E-state index in [0.717, 1.165) is 28.5 Å². The number of rotatable bonds is 8. The Hall–Kier alpha value is -3.42. The molecule has 1 heterocycles. The highest BCUT2D eigenvalue weighted by molar-refractivity contribution is 5.83. The van der Waals surface area contributed by atoms with E-state index in [0.29, 0.717) is 36.3 Å². The number of nitrogens with one attached hydrogen (secondary N) is 3. The number of hydrogen-bond acceptors (Lipinski definition) is 4. The van der Waals surface area contributed by atoms with E-state index in [1.807, 2.05) is 18.3 Å². The summed E-state index contributed by atoms with van der Waals surface area (Å²) in [5.41, 5.74) is 2.94. The van der Waals surface area contributed by atoms with E-state index in [2.05, 4.69) is 20.6 Å². The van der Waals surface area contributed by atoms with Crippen LogP contribution in [0.3, 0.4) is 0 Å². The third-order valence-corrected chi connectivity index (χ3v) is 4.82. The van der Waals surface area contributed by atoms with Crippen molar-refractivity contribution in [1.29, 1.82) is 0 Å². The largest absolute Gasteiger partial charge is 0.493 e. The number of benzene rings is 2. The smallest absolute Gasteiger partial charge is 0.203 e. The van der Waals surface area contributed by atoms with Crippen molar-refractivity contribution in [2.75, 3.05) is 34.9 Å². The van der Waals surface area contributed by atoms with Crippen LogP contribution in [0.15, 0.2) is 41.5 Å². The van der Waals surface area contributed by atoms with Gasteiger partial charge in [-0.1, -0.05) is 0 Å². The van der Waals surface area contributed by atoms with Crippen LogP contribution in [0.5, 0.6) is 17.2 Å². The zero-order chi connectivity index (χ0) is 21.5. The predicted molar refractivity (Wildman–Crippen MR) is 116 cm³/mol. The molecular formula is C22H27FN4O3. The first-order valence-electron chi connectivity index (χ1n) is 9.58. The van der Waals surface area contributed by atoms with Crippen molar-refractivity contribution in [3.05, 3.63) is 53.5 Å². The number of halogens is 1. The lowest BCUT2D eigenvalue weighted by Crippen LogP contribution is -2.37. The second-order valence-electron chi connectivity index (χ2n) is 6.64. The number of H-pyrrole nitrogens is 1. The van der Waals surface area contributed by atoms with Gasteiger partial charge in [-0.2, -0.15) is 0 Å². The minimum atomic E-state index is -0.237. The minimum Gasteiger partial charge on any atom is -0.493 e. The monoisotopic (exact) mass is 414 g/mol. The van der Waals surface area contributed by atoms with Gasteiger partial charge >= 0.3 is 0 Å². The van der Waals surface area contributed by atoms with Gasteiger partial charge in [-0.15, -0.1) is 0 Å². The second-order valence-corrected chi connectivity index (χ2v) is 6.64. The Morgan fingerprint density at radius 3 is 2.40 bits per heavy atom. The third-order valence-electron chi connectivity index (χ3n) is 4.82. The number of hydrogen-bond donors (Lipinski definition) is 3. The van der Waals surface area contributed by atoms with Gasteiger partial charge < -0.3 is 29.8 Å². The number of ether oxygens (including phenoxy) is 3. The minimum absolute atomic E-state index is 0.237. The molecule has 7 nitrogen and oxygen atoms in total. The number of guanidine groups is 1. The van der Waals surface area contributed by atoms with Crippen LogP contribution in [0.4, 0.5) is 4.39 Å². The standard InChI is InChI=1S/C22H27FN4O3/c1-24-22(25-8-7-15-13-26-18-6-5-16(23)11-17(15)18)27-12-14-9-19(28-2)21(30-4)20(10-14)29-3/h5-6,9-11,13,26H,7-8,12H2,1-4H3,(H2,24,25,27). The van der Waals surface area contributed by atoms with E-state index in [9.17, 15) is 4.39 Å². The fourth-order valence-electron chi connectivity index (χ4n) is 3.32. The van der Waals surface area contributed by atoms with Crippen molar-refractivity contribution >= 4 is 16.9 Å². The molecule has 0 saturated heterocycles. The van der Waals surface area contributed by atoms with Crippen LogP contribution in [-0.4, -0.2) is 45.9 Å². The van der Waals surface area contributed by atoms with E-state index in [1.165, 1.54) is 6.07 Å². The SMILES string of the molecule is CN=C(NCCc1c[nH]c2ccc(F)cc12)NCc1cc(OC)c(OC)c(OC)c1. The number of aromatic amines is 1. The molecule has 160 valence electrons. The summed E-state index contributed by atoms with van der Waals surface area (Å²) < 4.78 is 29.7. The van der Waals surface area contributed by atoms with Crippen LogP contribution >= 0.6 is 0 Å². The van der Waals surface area contributed by atoms with Crippen molar-refractivity contribution in [3.63, 3.8) is 0 Å². The summed E-state index contributed by atoms with van der Waals surface area (Å²) in [7, 11) is 6.47. The molecule has 0 saturated carbocycles. The fraction of sp³-hybridized carbons (Fsp3) is 0.318. The summed E-state index contributed by atoms with van der Waals surface area (Å²) in [5, 5.41) is 7.45. The van der Waals surface area contributed by atoms with Crippen LogP contribution in [0, 0.1) is 5.82 Å². The normalized spacial score (nSPS) is 11.4. The molecule has 0 fully saturated rings. The first-order valence-corrected chi connectivity index (χ1v) is 9.58. The molecule has 0 amide bonds. The maximum absolute atomic E-state index is 13.5. The maximum Gasteiger partial charge on any atom is 0.203 e. The summed E-state index contributed by atoms with van der Waals surface area (Å²) >= 11 is 0. The van der Waals surface area contributed by atoms with Crippen LogP contribution in [-0.2, 0) is 13.0 Å². The van der Waals surface area contributed by atoms with Crippen molar-refractivity contribution in [2.45, 2.75) is 13.0 Å². The Kier molecular flexibility index (Phi) is 7.00. The molecule has 3 rings (SSSR count). The van der Waals surface area contributed by atoms with Gasteiger partial charge in [0.15, 0.2) is 17.5 Å². The quantitative estimate of drug-likeness (QED) is 0.390. The number of nitrogens with zero attached hydrogens (tertiary/aromatic N) is 1. The van der Waals surface area contributed by atoms with E-state index in [-0.39, 0.29) is 5.82 Å². The zero-order valence-corrected chi connectivity index (χ0v) is 17.6. The van der Waals surface area contributed by atoms with Crippen LogP contribution in [0.25, 0.3) is 10.9 Å². The lowest BCUT2D eigenvalue weighted by atomic mass is 10.1. The lowest BCUT2D eigenvalue weighted by molar-refractivity contribution is 0.323. The van der Waals surface area contributed by atoms with Gasteiger partial charge in [-0.3, -0.25) is 4.99 Å². The molecule has 0 aliphatic rings. The first-order chi connectivity index (χ1) is 14.6. The molecule has 0 unspecified atom stereocenters. The molecule has 1 aromatic heterocycles. The van der Waals surface area contributed by atoms with Gasteiger partial charge in [0.05, 0.1) is 21.3 Å². The Bertz CT molecular complexity index is 1010. The summed E-state index contributed by atoms with van der Waals surface area (Å²) in [6.07, 6.45) is 2.65. The molecule has 0 spiro atoms. The molecule has 3 N–H and O–H groups in total. The second kappa shape index (κ2) is 9.87. The lowest BCUT2D eigenvalue weighted by Gasteiger charge is -2.16. The van der Waals surface area contributed by atoms with Gasteiger partial charge in [-0.05, 0) is 47.9 Å². The van der Waals surface area contributed by atoms with Gasteiger partial charge in [0, 0.05) is 37.2 Å². The topological polar surface area (TPSA) is 79.9 Å². The number of aromatic nitrogens is 1. The molecule has 0 aliphatic heterocycles. The average Bonchev–Trinajstić information content (AvgIpc) is 3.17. The molecule has 0 atom stereocenters. The van der Waals surface area contributed by atoms with E-state index >= 15 is 0 Å². The first kappa shape index (κ1) is 21.3. The zero-order valence-electron chi connectivity index (χ0n) is 17.6. The summed E-state index contributed by atoms with van der Waals surface area (Å²) in [6, 6.07) is 8.54. The molecule has 3 aromatic rings. The third kappa shape index (κ3) is 4.76. The van der Waals surface area contributed by atoms with Crippen LogP contribution < -0.4 is 24.8 Å². The van der Waals surface area contributed by atoms with E-state index in [1.54, 1.807) is 40.5 Å². The molecule has 0 aliphatic carbocycles. The van der Waals surface area contributed by atoms with Crippen molar-refractivity contribution in [2.24, 2.45) is 4.99 Å². The van der Waals surface area contributed by atoms with E-state index in [4.69, 9.17) is 14.2 Å². The highest BCUT2D eigenvalue weighted by Gasteiger charge is 2.13. The summed E-state index contributed by atoms with van der Waals surface area (Å²) in [6.45, 7) is 1.17. The molecule has 2 aromatic carbocycles. The molecule has 0 bridgehead atoms. The molecule has 0 radical (unpaired) electrons. The fourth-order valence-corrected chi connectivity index (χ4v) is 3.32. The maximum atomic E-state index is 13.5. The Morgan fingerprint density at radius 1 is 1.03 bits per heavy atom. The number of methoxy groups -OCH3 is 3. The summed E-state index contributed by atoms with van der Waals surface area (Å²) in [4.78, 5) is 7.43. The van der Waals surface area contributed by atoms with Crippen molar-refractivity contribution in [1.82, 2.24) is 15.6 Å². The van der Waals surface area contributed by atoms with Gasteiger partial charge in [0.1, 0.15) is 5.82 Å². The van der Waals surface area contributed by atoms with Gasteiger partial charge in [-0.25, -0.2) is 4.39 Å². The van der Waals surface area contributed by atoms with Crippen LogP contribution in [0.1, 0.15) is 11.1 Å². The summed E-state index contributed by atoms with van der Waals surface area (Å²) in [5.74, 6) is 2.18. The van der Waals surface area contributed by atoms with Crippen LogP contribution in [0.2, 0.25) is 0 Å². The predicted octanol–water partition coefficient (Wildman–Crippen LogP) is 3.24. The highest BCUT2D eigenvalue weighted by Crippen LogP contribution is 2.38. The number of fused-ring (bicyclic) bond motifs is 1. The van der Waals surface area contributed by atoms with Crippen molar-refractivity contribution < 1.29 is 18.6 Å². The average molecular weight is 414 g/mol. The Balaban J connectivity index is 1.59. The molecule has 8 heteroatoms. The van der Waals surface area contributed by atoms with Gasteiger partial charge in [0.2, 0.25) is 5.75 Å². The Morgan fingerprint density at radius 2 is 1.77 bits per heavy atom. The van der Waals surface area contributed by atoms with Gasteiger partial charge in [0.25, 0.3) is 0 Å². The highest BCUT2D eigenvalue weighted by atomic mass is 19.1. The molecular weight excluding hydrogens is 387 g/mol. The van der Waals surface area contributed by atoms with Crippen molar-refractivity contribution in [3.8, 4) is 17.2 Å². The number of aliphatic imine (C=N–C) groups is 1. The molecule has 30 heavy (non-hydrogen) atoms. The Labute approximate surface area is 175 Å². The van der Waals surface area contributed by atoms with E-state index < -0.39 is 0 Å².